The quantitative estimate of drug-likeness (QED) is 0.562. The number of amides is 3. The van der Waals surface area contributed by atoms with Crippen LogP contribution in [0.3, 0.4) is 0 Å². The minimum absolute atomic E-state index is 0.0506. The Morgan fingerprint density at radius 2 is 2.31 bits per heavy atom. The second-order valence-electron chi connectivity index (χ2n) is 3.07. The molecule has 0 spiro atoms. The lowest BCUT2D eigenvalue weighted by Gasteiger charge is -2.01. The van der Waals surface area contributed by atoms with Gasteiger partial charge in [-0.2, -0.15) is 0 Å². The van der Waals surface area contributed by atoms with Crippen molar-refractivity contribution in [2.75, 3.05) is 13.6 Å². The van der Waals surface area contributed by atoms with Gasteiger partial charge >= 0.3 is 6.03 Å². The summed E-state index contributed by atoms with van der Waals surface area (Å²) in [6.07, 6.45) is 2.23. The maximum Gasteiger partial charge on any atom is 0.321 e. The van der Waals surface area contributed by atoms with Gasteiger partial charge in [-0.15, -0.1) is 5.10 Å². The van der Waals surface area contributed by atoms with E-state index in [1.54, 1.807) is 6.20 Å². The van der Waals surface area contributed by atoms with E-state index in [4.69, 9.17) is 5.73 Å². The van der Waals surface area contributed by atoms with Gasteiger partial charge in [0, 0.05) is 19.7 Å². The number of urea groups is 1. The van der Waals surface area contributed by atoms with Crippen molar-refractivity contribution in [3.63, 3.8) is 0 Å². The van der Waals surface area contributed by atoms with Crippen LogP contribution in [0.1, 0.15) is 5.69 Å². The summed E-state index contributed by atoms with van der Waals surface area (Å²) in [6.45, 7) is 0.425. The molecule has 16 heavy (non-hydrogen) atoms. The van der Waals surface area contributed by atoms with Crippen LogP contribution in [0.5, 0.6) is 0 Å². The van der Waals surface area contributed by atoms with Crippen LogP contribution in [0.2, 0.25) is 0 Å². The van der Waals surface area contributed by atoms with E-state index >= 15 is 0 Å². The summed E-state index contributed by atoms with van der Waals surface area (Å²) in [5.74, 6) is -0.455. The third-order valence-corrected chi connectivity index (χ3v) is 1.77. The van der Waals surface area contributed by atoms with Gasteiger partial charge in [0.15, 0.2) is 0 Å². The number of hydrogen-bond acceptors (Lipinski definition) is 5. The third-order valence-electron chi connectivity index (χ3n) is 1.77. The Balaban J connectivity index is 2.46. The molecule has 0 saturated heterocycles. The van der Waals surface area contributed by atoms with Gasteiger partial charge < -0.3 is 11.1 Å². The summed E-state index contributed by atoms with van der Waals surface area (Å²) in [5, 5.41) is 11.9. The summed E-state index contributed by atoms with van der Waals surface area (Å²) in [5.41, 5.74) is 6.06. The Hall–Kier alpha value is -1.96. The van der Waals surface area contributed by atoms with E-state index in [-0.39, 0.29) is 6.54 Å². The standard InChI is InChI=1S/C8H14N6O2/c1-10-8(16)11-7(15)5-14-4-6(2-3-9)12-13-14/h4H,2-3,5,9H2,1H3,(H2,10,11,15,16). The molecule has 0 bridgehead atoms. The van der Waals surface area contributed by atoms with Crippen LogP contribution >= 0.6 is 0 Å². The Bertz CT molecular complexity index is 374. The van der Waals surface area contributed by atoms with Crippen molar-refractivity contribution < 1.29 is 9.59 Å². The lowest BCUT2D eigenvalue weighted by molar-refractivity contribution is -0.120. The molecule has 0 aromatic carbocycles. The molecule has 1 heterocycles. The van der Waals surface area contributed by atoms with E-state index in [1.165, 1.54) is 11.7 Å². The molecule has 4 N–H and O–H groups in total. The normalized spacial score (nSPS) is 9.88. The summed E-state index contributed by atoms with van der Waals surface area (Å²) >= 11 is 0. The summed E-state index contributed by atoms with van der Waals surface area (Å²) in [7, 11) is 1.43. The number of nitrogens with zero attached hydrogens (tertiary/aromatic N) is 3. The van der Waals surface area contributed by atoms with Crippen LogP contribution in [-0.2, 0) is 17.8 Å². The van der Waals surface area contributed by atoms with Crippen molar-refractivity contribution in [2.45, 2.75) is 13.0 Å². The SMILES string of the molecule is CNC(=O)NC(=O)Cn1cc(CCN)nn1. The van der Waals surface area contributed by atoms with Gasteiger partial charge in [0.05, 0.1) is 5.69 Å². The van der Waals surface area contributed by atoms with Crippen molar-refractivity contribution in [3.05, 3.63) is 11.9 Å². The lowest BCUT2D eigenvalue weighted by atomic mass is 10.3. The van der Waals surface area contributed by atoms with Gasteiger partial charge in [-0.3, -0.25) is 10.1 Å². The number of nitrogens with one attached hydrogen (secondary N) is 2. The van der Waals surface area contributed by atoms with Crippen molar-refractivity contribution in [1.29, 1.82) is 0 Å². The number of imide groups is 1. The van der Waals surface area contributed by atoms with E-state index in [2.05, 4.69) is 20.9 Å². The molecule has 1 aromatic heterocycles. The van der Waals surface area contributed by atoms with Gasteiger partial charge in [0.2, 0.25) is 5.91 Å². The Morgan fingerprint density at radius 1 is 1.56 bits per heavy atom. The number of hydrogen-bond donors (Lipinski definition) is 3. The van der Waals surface area contributed by atoms with Crippen LogP contribution < -0.4 is 16.4 Å². The molecule has 8 heteroatoms. The molecular weight excluding hydrogens is 212 g/mol. The molecule has 0 aliphatic rings. The van der Waals surface area contributed by atoms with Crippen LogP contribution in [0, 0.1) is 0 Å². The van der Waals surface area contributed by atoms with Crippen LogP contribution in [0.25, 0.3) is 0 Å². The van der Waals surface area contributed by atoms with Crippen molar-refractivity contribution in [2.24, 2.45) is 5.73 Å². The number of nitrogens with two attached hydrogens (primary N) is 1. The smallest absolute Gasteiger partial charge is 0.321 e. The fraction of sp³-hybridized carbons (Fsp3) is 0.500. The first-order valence-corrected chi connectivity index (χ1v) is 4.76. The zero-order valence-electron chi connectivity index (χ0n) is 8.93. The topological polar surface area (TPSA) is 115 Å². The number of aromatic nitrogens is 3. The van der Waals surface area contributed by atoms with Gasteiger partial charge in [-0.05, 0) is 6.54 Å². The molecule has 0 unspecified atom stereocenters. The second-order valence-corrected chi connectivity index (χ2v) is 3.07. The molecule has 0 fully saturated rings. The number of carbonyl (C=O) groups excluding carboxylic acids is 2. The van der Waals surface area contributed by atoms with E-state index in [0.29, 0.717) is 13.0 Å². The zero-order valence-corrected chi connectivity index (χ0v) is 8.93. The molecule has 0 radical (unpaired) electrons. The van der Waals surface area contributed by atoms with Crippen molar-refractivity contribution in [1.82, 2.24) is 25.6 Å². The molecule has 1 rings (SSSR count). The minimum atomic E-state index is -0.549. The number of rotatable bonds is 4. The largest absolute Gasteiger partial charge is 0.341 e. The zero-order chi connectivity index (χ0) is 12.0. The Labute approximate surface area is 92.2 Å². The van der Waals surface area contributed by atoms with Crippen LogP contribution in [0.15, 0.2) is 6.20 Å². The Morgan fingerprint density at radius 3 is 2.94 bits per heavy atom. The van der Waals surface area contributed by atoms with Crippen molar-refractivity contribution in [3.8, 4) is 0 Å². The van der Waals surface area contributed by atoms with Gasteiger partial charge in [-0.25, -0.2) is 9.48 Å². The highest BCUT2D eigenvalue weighted by molar-refractivity contribution is 5.93. The first-order chi connectivity index (χ1) is 7.65. The van der Waals surface area contributed by atoms with Crippen LogP contribution in [-0.4, -0.2) is 40.5 Å². The first-order valence-electron chi connectivity index (χ1n) is 4.76. The molecule has 0 aliphatic heterocycles. The highest BCUT2D eigenvalue weighted by Gasteiger charge is 2.08. The molecular formula is C8H14N6O2. The van der Waals surface area contributed by atoms with Gasteiger partial charge in [-0.1, -0.05) is 5.21 Å². The van der Waals surface area contributed by atoms with E-state index in [9.17, 15) is 9.59 Å². The molecule has 1 aromatic rings. The molecule has 0 aliphatic carbocycles. The first kappa shape index (κ1) is 12.1. The summed E-state index contributed by atoms with van der Waals surface area (Å²) < 4.78 is 1.35. The molecule has 0 saturated carbocycles. The maximum atomic E-state index is 11.3. The number of carbonyl (C=O) groups is 2. The predicted octanol–water partition coefficient (Wildman–Crippen LogP) is -1.77. The van der Waals surface area contributed by atoms with E-state index in [0.717, 1.165) is 5.69 Å². The molecule has 0 atom stereocenters. The van der Waals surface area contributed by atoms with E-state index < -0.39 is 11.9 Å². The fourth-order valence-corrected chi connectivity index (χ4v) is 1.05. The average Bonchev–Trinajstić information content (AvgIpc) is 2.65. The fourth-order valence-electron chi connectivity index (χ4n) is 1.05. The highest BCUT2D eigenvalue weighted by Crippen LogP contribution is 1.92. The lowest BCUT2D eigenvalue weighted by Crippen LogP contribution is -2.39. The van der Waals surface area contributed by atoms with E-state index in [1.807, 2.05) is 0 Å². The monoisotopic (exact) mass is 226 g/mol. The van der Waals surface area contributed by atoms with Crippen LogP contribution in [0.4, 0.5) is 4.79 Å². The van der Waals surface area contributed by atoms with Gasteiger partial charge in [0.25, 0.3) is 0 Å². The minimum Gasteiger partial charge on any atom is -0.341 e. The molecule has 8 nitrogen and oxygen atoms in total. The average molecular weight is 226 g/mol. The molecule has 3 amide bonds. The highest BCUT2D eigenvalue weighted by atomic mass is 16.2. The third kappa shape index (κ3) is 3.65. The maximum absolute atomic E-state index is 11.3. The van der Waals surface area contributed by atoms with Crippen molar-refractivity contribution >= 4 is 11.9 Å². The predicted molar refractivity (Wildman–Crippen MR) is 55.4 cm³/mol. The summed E-state index contributed by atoms with van der Waals surface area (Å²) in [6, 6.07) is -0.549. The molecule has 88 valence electrons. The second kappa shape index (κ2) is 5.81. The Kier molecular flexibility index (Phi) is 4.40. The van der Waals surface area contributed by atoms with Gasteiger partial charge in [0.1, 0.15) is 6.54 Å². The summed E-state index contributed by atoms with van der Waals surface area (Å²) in [4.78, 5) is 22.1.